The normalized spacial score (nSPS) is 10.6. The number of methoxy groups -OCH3 is 1. The van der Waals surface area contributed by atoms with Gasteiger partial charge in [0.15, 0.2) is 5.13 Å². The van der Waals surface area contributed by atoms with Gasteiger partial charge in [-0.2, -0.15) is 0 Å². The molecule has 138 valence electrons. The molecule has 7 heteroatoms. The number of anilines is 1. The molecule has 0 atom stereocenters. The Morgan fingerprint density at radius 3 is 2.54 bits per heavy atom. The molecule has 0 spiro atoms. The SMILES string of the molecule is COC(=O)c1cccc(C(=O)Nc2nc(-c3cccc4ccccc34)cs2)n1. The minimum Gasteiger partial charge on any atom is -0.464 e. The van der Waals surface area contributed by atoms with E-state index < -0.39 is 11.9 Å². The van der Waals surface area contributed by atoms with Crippen LogP contribution in [0.4, 0.5) is 5.13 Å². The number of thiazole rings is 1. The monoisotopic (exact) mass is 389 g/mol. The quantitative estimate of drug-likeness (QED) is 0.523. The fourth-order valence-corrected chi connectivity index (χ4v) is 3.55. The van der Waals surface area contributed by atoms with Crippen LogP contribution in [0, 0.1) is 0 Å². The number of benzene rings is 2. The number of ether oxygens (including phenoxy) is 1. The maximum Gasteiger partial charge on any atom is 0.356 e. The van der Waals surface area contributed by atoms with Gasteiger partial charge in [-0.1, -0.05) is 48.5 Å². The lowest BCUT2D eigenvalue weighted by Gasteiger charge is -2.04. The van der Waals surface area contributed by atoms with Crippen molar-refractivity contribution >= 4 is 39.1 Å². The van der Waals surface area contributed by atoms with Crippen molar-refractivity contribution < 1.29 is 14.3 Å². The number of hydrogen-bond acceptors (Lipinski definition) is 6. The van der Waals surface area contributed by atoms with E-state index in [-0.39, 0.29) is 11.4 Å². The minimum atomic E-state index is -0.595. The summed E-state index contributed by atoms with van der Waals surface area (Å²) in [6, 6.07) is 18.7. The van der Waals surface area contributed by atoms with Gasteiger partial charge in [-0.25, -0.2) is 14.8 Å². The van der Waals surface area contributed by atoms with Gasteiger partial charge in [0.25, 0.3) is 5.91 Å². The number of nitrogens with zero attached hydrogens (tertiary/aromatic N) is 2. The van der Waals surface area contributed by atoms with E-state index in [9.17, 15) is 9.59 Å². The molecule has 4 aromatic rings. The van der Waals surface area contributed by atoms with Crippen molar-refractivity contribution in [2.24, 2.45) is 0 Å². The van der Waals surface area contributed by atoms with Gasteiger partial charge in [0.05, 0.1) is 12.8 Å². The molecule has 6 nitrogen and oxygen atoms in total. The Balaban J connectivity index is 1.58. The zero-order valence-corrected chi connectivity index (χ0v) is 15.7. The average Bonchev–Trinajstić information content (AvgIpc) is 3.21. The molecule has 0 radical (unpaired) electrons. The van der Waals surface area contributed by atoms with Crippen LogP contribution in [0.1, 0.15) is 21.0 Å². The molecule has 0 saturated heterocycles. The van der Waals surface area contributed by atoms with Crippen LogP contribution in [0.3, 0.4) is 0 Å². The molecule has 1 N–H and O–H groups in total. The Kier molecular flexibility index (Phi) is 4.82. The van der Waals surface area contributed by atoms with Crippen molar-refractivity contribution in [3.05, 3.63) is 77.4 Å². The molecular weight excluding hydrogens is 374 g/mol. The molecule has 0 unspecified atom stereocenters. The van der Waals surface area contributed by atoms with Crippen molar-refractivity contribution in [2.75, 3.05) is 12.4 Å². The largest absolute Gasteiger partial charge is 0.464 e. The van der Waals surface area contributed by atoms with Gasteiger partial charge in [0.2, 0.25) is 0 Å². The van der Waals surface area contributed by atoms with Crippen molar-refractivity contribution in [3.8, 4) is 11.3 Å². The highest BCUT2D eigenvalue weighted by Gasteiger charge is 2.15. The zero-order chi connectivity index (χ0) is 19.5. The lowest BCUT2D eigenvalue weighted by atomic mass is 10.0. The van der Waals surface area contributed by atoms with Crippen LogP contribution in [0.2, 0.25) is 0 Å². The van der Waals surface area contributed by atoms with E-state index in [1.807, 2.05) is 47.8 Å². The van der Waals surface area contributed by atoms with Crippen LogP contribution in [0.25, 0.3) is 22.0 Å². The maximum atomic E-state index is 12.5. The number of aromatic nitrogens is 2. The molecule has 1 amide bonds. The second kappa shape index (κ2) is 7.58. The second-order valence-corrected chi connectivity index (χ2v) is 6.78. The molecule has 4 rings (SSSR count). The lowest BCUT2D eigenvalue weighted by Crippen LogP contribution is -2.15. The maximum absolute atomic E-state index is 12.5. The summed E-state index contributed by atoms with van der Waals surface area (Å²) in [6.45, 7) is 0. The van der Waals surface area contributed by atoms with Crippen LogP contribution >= 0.6 is 11.3 Å². The van der Waals surface area contributed by atoms with Gasteiger partial charge in [0.1, 0.15) is 11.4 Å². The van der Waals surface area contributed by atoms with Gasteiger partial charge in [-0.15, -0.1) is 11.3 Å². The summed E-state index contributed by atoms with van der Waals surface area (Å²) in [5.41, 5.74) is 1.98. The molecule has 28 heavy (non-hydrogen) atoms. The van der Waals surface area contributed by atoms with Gasteiger partial charge in [-0.05, 0) is 22.9 Å². The number of fused-ring (bicyclic) bond motifs is 1. The van der Waals surface area contributed by atoms with Crippen molar-refractivity contribution in [2.45, 2.75) is 0 Å². The first-order chi connectivity index (χ1) is 13.7. The predicted octanol–water partition coefficient (Wildman–Crippen LogP) is 4.40. The van der Waals surface area contributed by atoms with E-state index in [4.69, 9.17) is 0 Å². The van der Waals surface area contributed by atoms with Gasteiger partial charge in [0, 0.05) is 10.9 Å². The fourth-order valence-electron chi connectivity index (χ4n) is 2.84. The van der Waals surface area contributed by atoms with Gasteiger partial charge >= 0.3 is 5.97 Å². The molecule has 0 aliphatic heterocycles. The second-order valence-electron chi connectivity index (χ2n) is 5.92. The average molecular weight is 389 g/mol. The summed E-state index contributed by atoms with van der Waals surface area (Å²) in [5.74, 6) is -1.04. The molecular formula is C21H15N3O3S. The fraction of sp³-hybridized carbons (Fsp3) is 0.0476. The molecule has 0 saturated carbocycles. The van der Waals surface area contributed by atoms with Crippen LogP contribution in [0.5, 0.6) is 0 Å². The summed E-state index contributed by atoms with van der Waals surface area (Å²) in [4.78, 5) is 32.6. The van der Waals surface area contributed by atoms with E-state index in [1.165, 1.54) is 30.6 Å². The van der Waals surface area contributed by atoms with Crippen molar-refractivity contribution in [3.63, 3.8) is 0 Å². The van der Waals surface area contributed by atoms with E-state index in [2.05, 4.69) is 20.0 Å². The van der Waals surface area contributed by atoms with E-state index in [1.54, 1.807) is 6.07 Å². The number of carbonyl (C=O) groups excluding carboxylic acids is 2. The number of rotatable bonds is 4. The number of nitrogens with one attached hydrogen (secondary N) is 1. The summed E-state index contributed by atoms with van der Waals surface area (Å²) in [6.07, 6.45) is 0. The first-order valence-corrected chi connectivity index (χ1v) is 9.34. The zero-order valence-electron chi connectivity index (χ0n) is 14.9. The molecule has 0 aliphatic rings. The number of carbonyl (C=O) groups is 2. The summed E-state index contributed by atoms with van der Waals surface area (Å²) >= 11 is 1.33. The summed E-state index contributed by atoms with van der Waals surface area (Å²) < 4.78 is 4.63. The first-order valence-electron chi connectivity index (χ1n) is 8.46. The molecule has 2 heterocycles. The van der Waals surface area contributed by atoms with Crippen molar-refractivity contribution in [1.29, 1.82) is 0 Å². The molecule has 0 fully saturated rings. The van der Waals surface area contributed by atoms with E-state index in [0.717, 1.165) is 22.0 Å². The Hall–Kier alpha value is -3.58. The standard InChI is InChI=1S/C21H15N3O3S/c1-27-20(26)17-11-5-10-16(22-17)19(25)24-21-23-18(12-28-21)15-9-4-7-13-6-2-3-8-14(13)15/h2-12H,1H3,(H,23,24,25). The minimum absolute atomic E-state index is 0.0748. The number of pyridine rings is 1. The Morgan fingerprint density at radius 2 is 1.68 bits per heavy atom. The Morgan fingerprint density at radius 1 is 0.929 bits per heavy atom. The lowest BCUT2D eigenvalue weighted by molar-refractivity contribution is 0.0594. The van der Waals surface area contributed by atoms with Crippen LogP contribution < -0.4 is 5.32 Å². The number of amides is 1. The molecule has 0 bridgehead atoms. The number of esters is 1. The topological polar surface area (TPSA) is 81.2 Å². The number of hydrogen-bond donors (Lipinski definition) is 1. The van der Waals surface area contributed by atoms with Gasteiger partial charge in [-0.3, -0.25) is 10.1 Å². The third-order valence-electron chi connectivity index (χ3n) is 4.17. The third-order valence-corrected chi connectivity index (χ3v) is 4.92. The summed E-state index contributed by atoms with van der Waals surface area (Å²) in [5, 5.41) is 7.31. The molecule has 0 aliphatic carbocycles. The van der Waals surface area contributed by atoms with Crippen molar-refractivity contribution in [1.82, 2.24) is 9.97 Å². The highest BCUT2D eigenvalue weighted by atomic mass is 32.1. The van der Waals surface area contributed by atoms with Crippen LogP contribution in [0.15, 0.2) is 66.0 Å². The Labute approximate surface area is 164 Å². The van der Waals surface area contributed by atoms with E-state index >= 15 is 0 Å². The van der Waals surface area contributed by atoms with Crippen LogP contribution in [-0.4, -0.2) is 29.0 Å². The molecule has 2 aromatic carbocycles. The highest BCUT2D eigenvalue weighted by Crippen LogP contribution is 2.31. The van der Waals surface area contributed by atoms with E-state index in [0.29, 0.717) is 5.13 Å². The summed E-state index contributed by atoms with van der Waals surface area (Å²) in [7, 11) is 1.27. The van der Waals surface area contributed by atoms with Crippen LogP contribution in [-0.2, 0) is 4.74 Å². The predicted molar refractivity (Wildman–Crippen MR) is 109 cm³/mol. The first kappa shape index (κ1) is 17.8. The Bertz CT molecular complexity index is 1180. The third kappa shape index (κ3) is 3.47. The highest BCUT2D eigenvalue weighted by molar-refractivity contribution is 7.14. The van der Waals surface area contributed by atoms with Gasteiger partial charge < -0.3 is 4.74 Å². The smallest absolute Gasteiger partial charge is 0.356 e. The molecule has 2 aromatic heterocycles.